The summed E-state index contributed by atoms with van der Waals surface area (Å²) >= 11 is 0. The molecule has 0 bridgehead atoms. The molecule has 0 atom stereocenters. The van der Waals surface area contributed by atoms with E-state index in [1.54, 1.807) is 42.2 Å². The lowest BCUT2D eigenvalue weighted by atomic mass is 10.2. The number of imidazole rings is 1. The molecular weight excluding hydrogens is 454 g/mol. The average Bonchev–Trinajstić information content (AvgIpc) is 3.34. The second kappa shape index (κ2) is 10.5. The fraction of sp³-hybridized carbons (Fsp3) is 0.478. The van der Waals surface area contributed by atoms with Crippen molar-refractivity contribution in [1.29, 1.82) is 0 Å². The number of pyridine rings is 1. The summed E-state index contributed by atoms with van der Waals surface area (Å²) < 4.78 is 13.3. The van der Waals surface area contributed by atoms with Gasteiger partial charge in [-0.2, -0.15) is 5.10 Å². The van der Waals surface area contributed by atoms with Gasteiger partial charge in [0.15, 0.2) is 5.65 Å². The third-order valence-electron chi connectivity index (χ3n) is 4.89. The molecule has 0 fully saturated rings. The average molecular weight is 486 g/mol. The fourth-order valence-corrected chi connectivity index (χ4v) is 3.42. The van der Waals surface area contributed by atoms with Gasteiger partial charge in [0.25, 0.3) is 5.91 Å². The van der Waals surface area contributed by atoms with E-state index in [9.17, 15) is 14.4 Å². The Hall–Kier alpha value is -3.96. The highest BCUT2D eigenvalue weighted by Gasteiger charge is 2.20. The molecule has 12 nitrogen and oxygen atoms in total. The molecule has 0 unspecified atom stereocenters. The van der Waals surface area contributed by atoms with Crippen molar-refractivity contribution < 1.29 is 23.9 Å². The van der Waals surface area contributed by atoms with Crippen LogP contribution in [-0.4, -0.2) is 61.5 Å². The van der Waals surface area contributed by atoms with E-state index in [2.05, 4.69) is 25.7 Å². The predicted molar refractivity (Wildman–Crippen MR) is 128 cm³/mol. The van der Waals surface area contributed by atoms with Gasteiger partial charge in [0, 0.05) is 25.8 Å². The summed E-state index contributed by atoms with van der Waals surface area (Å²) in [6, 6.07) is 3.25. The molecule has 3 aromatic rings. The van der Waals surface area contributed by atoms with Crippen molar-refractivity contribution in [1.82, 2.24) is 29.6 Å². The lowest BCUT2D eigenvalue weighted by Crippen LogP contribution is -2.33. The highest BCUT2D eigenvalue weighted by atomic mass is 16.6. The van der Waals surface area contributed by atoms with Crippen molar-refractivity contribution in [3.8, 4) is 0 Å². The predicted octanol–water partition coefficient (Wildman–Crippen LogP) is 2.91. The second-order valence-corrected chi connectivity index (χ2v) is 8.87. The van der Waals surface area contributed by atoms with Gasteiger partial charge in [-0.15, -0.1) is 0 Å². The summed E-state index contributed by atoms with van der Waals surface area (Å²) in [5, 5.41) is 9.85. The van der Waals surface area contributed by atoms with E-state index in [4.69, 9.17) is 9.47 Å². The maximum absolute atomic E-state index is 13.0. The summed E-state index contributed by atoms with van der Waals surface area (Å²) in [7, 11) is 1.29. The number of esters is 1. The van der Waals surface area contributed by atoms with Crippen LogP contribution in [0.4, 0.5) is 10.7 Å². The molecule has 0 saturated carbocycles. The quantitative estimate of drug-likeness (QED) is 0.366. The van der Waals surface area contributed by atoms with Gasteiger partial charge in [-0.1, -0.05) is 0 Å². The minimum absolute atomic E-state index is 0.244. The molecule has 2 amide bonds. The van der Waals surface area contributed by atoms with Gasteiger partial charge in [-0.05, 0) is 53.2 Å². The second-order valence-electron chi connectivity index (χ2n) is 8.87. The van der Waals surface area contributed by atoms with Crippen LogP contribution in [0, 0.1) is 6.92 Å². The van der Waals surface area contributed by atoms with Crippen molar-refractivity contribution in [2.24, 2.45) is 0 Å². The number of aryl methyl sites for hydroxylation is 3. The van der Waals surface area contributed by atoms with Crippen molar-refractivity contribution in [2.45, 2.75) is 59.7 Å². The zero-order valence-corrected chi connectivity index (χ0v) is 20.8. The van der Waals surface area contributed by atoms with Gasteiger partial charge in [0.05, 0.1) is 18.4 Å². The Morgan fingerprint density at radius 1 is 1.17 bits per heavy atom. The van der Waals surface area contributed by atoms with Gasteiger partial charge in [-0.3, -0.25) is 19.4 Å². The molecule has 0 radical (unpaired) electrons. The first kappa shape index (κ1) is 25.7. The zero-order chi connectivity index (χ0) is 25.8. The Balaban J connectivity index is 1.84. The van der Waals surface area contributed by atoms with Crippen LogP contribution < -0.4 is 10.6 Å². The number of amides is 2. The summed E-state index contributed by atoms with van der Waals surface area (Å²) in [6.45, 7) is 10.3. The Kier molecular flexibility index (Phi) is 7.72. The molecule has 0 spiro atoms. The zero-order valence-electron chi connectivity index (χ0n) is 20.8. The third kappa shape index (κ3) is 6.34. The number of nitrogens with zero attached hydrogens (tertiary/aromatic N) is 5. The van der Waals surface area contributed by atoms with Crippen LogP contribution in [0.25, 0.3) is 11.2 Å². The van der Waals surface area contributed by atoms with Gasteiger partial charge in [-0.25, -0.2) is 19.6 Å². The number of hydrogen-bond donors (Lipinski definition) is 2. The molecule has 12 heteroatoms. The van der Waals surface area contributed by atoms with E-state index in [1.165, 1.54) is 13.3 Å². The van der Waals surface area contributed by atoms with Crippen LogP contribution >= 0.6 is 0 Å². The summed E-state index contributed by atoms with van der Waals surface area (Å²) in [6.07, 6.45) is 1.40. The number of nitrogens with one attached hydrogen (secondary N) is 2. The van der Waals surface area contributed by atoms with E-state index < -0.39 is 17.7 Å². The monoisotopic (exact) mass is 485 g/mol. The van der Waals surface area contributed by atoms with Gasteiger partial charge in [0.1, 0.15) is 16.8 Å². The van der Waals surface area contributed by atoms with Crippen LogP contribution in [0.2, 0.25) is 0 Å². The van der Waals surface area contributed by atoms with Crippen LogP contribution in [-0.2, 0) is 22.6 Å². The summed E-state index contributed by atoms with van der Waals surface area (Å²) in [4.78, 5) is 45.7. The van der Waals surface area contributed by atoms with Crippen LogP contribution in [0.15, 0.2) is 18.3 Å². The van der Waals surface area contributed by atoms with Crippen LogP contribution in [0.5, 0.6) is 0 Å². The SMILES string of the molecule is CCn1nc(C)cc1C(=O)Nc1nc2cc(C(=O)OC)cnc2n1CCCNC(=O)OC(C)(C)C. The normalized spacial score (nSPS) is 11.4. The fourth-order valence-electron chi connectivity index (χ4n) is 3.42. The number of alkyl carbamates (subject to hydrolysis) is 1. The molecule has 3 rings (SSSR count). The minimum Gasteiger partial charge on any atom is -0.465 e. The van der Waals surface area contributed by atoms with Crippen molar-refractivity contribution in [3.63, 3.8) is 0 Å². The Morgan fingerprint density at radius 3 is 2.57 bits per heavy atom. The van der Waals surface area contributed by atoms with E-state index in [-0.39, 0.29) is 17.4 Å². The van der Waals surface area contributed by atoms with E-state index in [0.717, 1.165) is 5.69 Å². The summed E-state index contributed by atoms with van der Waals surface area (Å²) in [5.41, 5.74) is 1.68. The van der Waals surface area contributed by atoms with Gasteiger partial charge in [0.2, 0.25) is 5.95 Å². The lowest BCUT2D eigenvalue weighted by molar-refractivity contribution is 0.0525. The largest absolute Gasteiger partial charge is 0.465 e. The maximum atomic E-state index is 13.0. The number of hydrogen-bond acceptors (Lipinski definition) is 8. The van der Waals surface area contributed by atoms with Gasteiger partial charge < -0.3 is 14.8 Å². The molecule has 3 heterocycles. The molecule has 0 aliphatic heterocycles. The number of fused-ring (bicyclic) bond motifs is 1. The molecule has 0 aliphatic carbocycles. The Bertz CT molecular complexity index is 1240. The molecular formula is C23H31N7O5. The Morgan fingerprint density at radius 2 is 1.91 bits per heavy atom. The molecule has 2 N–H and O–H groups in total. The topological polar surface area (TPSA) is 142 Å². The molecule has 188 valence electrons. The first-order valence-electron chi connectivity index (χ1n) is 11.3. The van der Waals surface area contributed by atoms with Gasteiger partial charge >= 0.3 is 12.1 Å². The number of aromatic nitrogens is 5. The van der Waals surface area contributed by atoms with Crippen molar-refractivity contribution in [3.05, 3.63) is 35.3 Å². The minimum atomic E-state index is -0.591. The Labute approximate surface area is 203 Å². The molecule has 0 aliphatic rings. The standard InChI is InChI=1S/C23H31N7O5/c1-7-30-17(11-14(2)28-30)19(31)27-21-26-16-12-15(20(32)34-6)13-25-18(16)29(21)10-8-9-24-22(33)35-23(3,4)5/h11-13H,7-10H2,1-6H3,(H,24,33)(H,26,27,31). The molecule has 35 heavy (non-hydrogen) atoms. The first-order valence-corrected chi connectivity index (χ1v) is 11.3. The molecule has 0 saturated heterocycles. The number of ether oxygens (including phenoxy) is 2. The van der Waals surface area contributed by atoms with Crippen LogP contribution in [0.1, 0.15) is 60.7 Å². The van der Waals surface area contributed by atoms with E-state index in [1.807, 2.05) is 13.8 Å². The highest BCUT2D eigenvalue weighted by Crippen LogP contribution is 2.21. The molecule has 3 aromatic heterocycles. The maximum Gasteiger partial charge on any atom is 0.407 e. The smallest absolute Gasteiger partial charge is 0.407 e. The number of rotatable bonds is 8. The van der Waals surface area contributed by atoms with E-state index in [0.29, 0.717) is 42.9 Å². The van der Waals surface area contributed by atoms with Crippen molar-refractivity contribution >= 4 is 35.1 Å². The molecule has 0 aromatic carbocycles. The first-order chi connectivity index (χ1) is 16.5. The highest BCUT2D eigenvalue weighted by molar-refractivity contribution is 6.03. The van der Waals surface area contributed by atoms with Crippen LogP contribution in [0.3, 0.4) is 0 Å². The van der Waals surface area contributed by atoms with E-state index >= 15 is 0 Å². The number of anilines is 1. The number of carbonyl (C=O) groups is 3. The van der Waals surface area contributed by atoms with Crippen molar-refractivity contribution in [2.75, 3.05) is 19.0 Å². The summed E-state index contributed by atoms with van der Waals surface area (Å²) in [5.74, 6) is -0.647. The lowest BCUT2D eigenvalue weighted by Gasteiger charge is -2.19. The number of methoxy groups -OCH3 is 1. The number of carbonyl (C=O) groups excluding carboxylic acids is 3. The third-order valence-corrected chi connectivity index (χ3v) is 4.89.